The summed E-state index contributed by atoms with van der Waals surface area (Å²) in [6.07, 6.45) is 4.44. The molecule has 2 heterocycles. The van der Waals surface area contributed by atoms with Gasteiger partial charge in [-0.15, -0.1) is 0 Å². The lowest BCUT2D eigenvalue weighted by molar-refractivity contribution is -0.129. The van der Waals surface area contributed by atoms with Crippen LogP contribution < -0.4 is 24.3 Å². The molecule has 2 amide bonds. The van der Waals surface area contributed by atoms with Crippen LogP contribution in [0.1, 0.15) is 41.6 Å². The summed E-state index contributed by atoms with van der Waals surface area (Å²) < 4.78 is 21.5. The number of fused-ring (bicyclic) bond motifs is 1. The van der Waals surface area contributed by atoms with Gasteiger partial charge in [0, 0.05) is 44.4 Å². The number of carbonyl (C=O) groups is 2. The van der Waals surface area contributed by atoms with E-state index in [0.29, 0.717) is 61.5 Å². The molecule has 9 heteroatoms. The van der Waals surface area contributed by atoms with Crippen molar-refractivity contribution >= 4 is 11.8 Å². The molecule has 1 saturated heterocycles. The molecule has 2 aromatic rings. The number of hydrogen-bond donors (Lipinski definition) is 1. The maximum Gasteiger partial charge on any atom is 0.254 e. The van der Waals surface area contributed by atoms with E-state index in [2.05, 4.69) is 10.2 Å². The smallest absolute Gasteiger partial charge is 0.254 e. The highest BCUT2D eigenvalue weighted by molar-refractivity contribution is 5.95. The first-order valence-corrected chi connectivity index (χ1v) is 13.0. The molecular weight excluding hydrogens is 474 g/mol. The molecule has 0 bridgehead atoms. The first-order valence-electron chi connectivity index (χ1n) is 13.0. The molecule has 9 nitrogen and oxygen atoms in total. The van der Waals surface area contributed by atoms with Crippen LogP contribution in [0.2, 0.25) is 0 Å². The van der Waals surface area contributed by atoms with Crippen LogP contribution in [0.15, 0.2) is 36.4 Å². The molecule has 3 aliphatic rings. The van der Waals surface area contributed by atoms with E-state index in [-0.39, 0.29) is 24.6 Å². The van der Waals surface area contributed by atoms with Crippen LogP contribution in [-0.2, 0) is 11.3 Å². The Kier molecular flexibility index (Phi) is 7.69. The van der Waals surface area contributed by atoms with Gasteiger partial charge in [0.2, 0.25) is 12.7 Å². The highest BCUT2D eigenvalue weighted by atomic mass is 16.7. The quantitative estimate of drug-likeness (QED) is 0.585. The number of amides is 2. The molecule has 198 valence electrons. The zero-order chi connectivity index (χ0) is 25.8. The molecule has 2 aliphatic heterocycles. The van der Waals surface area contributed by atoms with E-state index in [1.807, 2.05) is 23.1 Å². The third kappa shape index (κ3) is 5.61. The van der Waals surface area contributed by atoms with E-state index in [1.165, 1.54) is 0 Å². The van der Waals surface area contributed by atoms with Crippen molar-refractivity contribution in [3.63, 3.8) is 0 Å². The topological polar surface area (TPSA) is 89.6 Å². The Morgan fingerprint density at radius 3 is 2.30 bits per heavy atom. The molecule has 1 saturated carbocycles. The van der Waals surface area contributed by atoms with Crippen LogP contribution in [0.4, 0.5) is 0 Å². The molecule has 2 aromatic carbocycles. The zero-order valence-electron chi connectivity index (χ0n) is 21.5. The van der Waals surface area contributed by atoms with E-state index < -0.39 is 0 Å². The van der Waals surface area contributed by atoms with Gasteiger partial charge in [-0.25, -0.2) is 0 Å². The van der Waals surface area contributed by atoms with Crippen molar-refractivity contribution in [2.45, 2.75) is 38.3 Å². The van der Waals surface area contributed by atoms with Crippen LogP contribution in [0, 0.1) is 5.92 Å². The minimum atomic E-state index is -0.189. The van der Waals surface area contributed by atoms with Crippen LogP contribution in [0.5, 0.6) is 23.0 Å². The predicted molar refractivity (Wildman–Crippen MR) is 137 cm³/mol. The lowest BCUT2D eigenvalue weighted by Crippen LogP contribution is -2.57. The Balaban J connectivity index is 1.22. The van der Waals surface area contributed by atoms with Gasteiger partial charge < -0.3 is 29.2 Å². The number of ether oxygens (including phenoxy) is 4. The summed E-state index contributed by atoms with van der Waals surface area (Å²) in [5.41, 5.74) is 1.52. The summed E-state index contributed by atoms with van der Waals surface area (Å²) in [5, 5.41) is 3.16. The number of methoxy groups -OCH3 is 2. The number of carbonyl (C=O) groups excluding carboxylic acids is 2. The van der Waals surface area contributed by atoms with Crippen molar-refractivity contribution < 1.29 is 28.5 Å². The number of benzene rings is 2. The summed E-state index contributed by atoms with van der Waals surface area (Å²) in [7, 11) is 3.14. The number of nitrogens with zero attached hydrogens (tertiary/aromatic N) is 2. The number of nitrogens with one attached hydrogen (secondary N) is 1. The largest absolute Gasteiger partial charge is 0.497 e. The van der Waals surface area contributed by atoms with Gasteiger partial charge in [0.1, 0.15) is 11.5 Å². The van der Waals surface area contributed by atoms with Crippen LogP contribution in [0.3, 0.4) is 0 Å². The van der Waals surface area contributed by atoms with Crippen molar-refractivity contribution in [3.05, 3.63) is 47.5 Å². The van der Waals surface area contributed by atoms with E-state index >= 15 is 0 Å². The molecule has 1 unspecified atom stereocenters. The fraction of sp³-hybridized carbons (Fsp3) is 0.500. The minimum absolute atomic E-state index is 0.0541. The van der Waals surface area contributed by atoms with Crippen molar-refractivity contribution in [1.82, 2.24) is 15.1 Å². The van der Waals surface area contributed by atoms with E-state index in [4.69, 9.17) is 18.9 Å². The fourth-order valence-electron chi connectivity index (χ4n) is 5.61. The Hall–Kier alpha value is -3.46. The van der Waals surface area contributed by atoms with Crippen molar-refractivity contribution in [1.29, 1.82) is 0 Å². The summed E-state index contributed by atoms with van der Waals surface area (Å²) in [6, 6.07) is 10.8. The number of rotatable bonds is 8. The van der Waals surface area contributed by atoms with E-state index in [1.54, 1.807) is 32.4 Å². The zero-order valence-corrected chi connectivity index (χ0v) is 21.5. The lowest BCUT2D eigenvalue weighted by atomic mass is 9.94. The molecule has 5 rings (SSSR count). The van der Waals surface area contributed by atoms with Gasteiger partial charge in [0.05, 0.1) is 20.3 Å². The monoisotopic (exact) mass is 509 g/mol. The molecule has 0 spiro atoms. The Labute approximate surface area is 217 Å². The van der Waals surface area contributed by atoms with E-state index in [9.17, 15) is 9.59 Å². The van der Waals surface area contributed by atoms with Crippen LogP contribution >= 0.6 is 0 Å². The second-order valence-corrected chi connectivity index (χ2v) is 9.82. The molecule has 1 aliphatic carbocycles. The summed E-state index contributed by atoms with van der Waals surface area (Å²) in [5.74, 6) is 2.96. The Morgan fingerprint density at radius 2 is 1.62 bits per heavy atom. The van der Waals surface area contributed by atoms with Crippen molar-refractivity contribution in [2.75, 3.05) is 47.2 Å². The van der Waals surface area contributed by atoms with Gasteiger partial charge >= 0.3 is 0 Å². The average molecular weight is 510 g/mol. The maximum atomic E-state index is 13.5. The minimum Gasteiger partial charge on any atom is -0.497 e. The van der Waals surface area contributed by atoms with Gasteiger partial charge in [-0.2, -0.15) is 0 Å². The maximum absolute atomic E-state index is 13.5. The molecule has 2 fully saturated rings. The lowest BCUT2D eigenvalue weighted by Gasteiger charge is -2.40. The highest BCUT2D eigenvalue weighted by Crippen LogP contribution is 2.33. The summed E-state index contributed by atoms with van der Waals surface area (Å²) in [6.45, 7) is 3.12. The first kappa shape index (κ1) is 25.2. The SMILES string of the molecule is COc1cc(OC)cc(C(=O)N2CCN(C(C(=O)NCc3ccc4c(c3)OCO4)C3CCCC3)CC2)c1. The summed E-state index contributed by atoms with van der Waals surface area (Å²) >= 11 is 0. The Bertz CT molecular complexity index is 1100. The standard InChI is InChI=1S/C28H35N3O6/c1-34-22-14-21(15-23(16-22)35-2)28(33)31-11-9-30(10-12-31)26(20-5-3-4-6-20)27(32)29-17-19-7-8-24-25(13-19)37-18-36-24/h7-8,13-16,20,26H,3-6,9-12,17-18H2,1-2H3,(H,29,32). The average Bonchev–Trinajstić information content (AvgIpc) is 3.64. The molecule has 1 atom stereocenters. The number of hydrogen-bond acceptors (Lipinski definition) is 7. The van der Waals surface area contributed by atoms with Gasteiger partial charge in [-0.3, -0.25) is 14.5 Å². The van der Waals surface area contributed by atoms with Gasteiger partial charge in [0.25, 0.3) is 5.91 Å². The van der Waals surface area contributed by atoms with Crippen LogP contribution in [-0.4, -0.2) is 74.8 Å². The summed E-state index contributed by atoms with van der Waals surface area (Å²) in [4.78, 5) is 30.9. The normalized spacial score (nSPS) is 18.5. The van der Waals surface area contributed by atoms with Crippen molar-refractivity contribution in [3.8, 4) is 23.0 Å². The van der Waals surface area contributed by atoms with Crippen molar-refractivity contribution in [2.24, 2.45) is 5.92 Å². The van der Waals surface area contributed by atoms with E-state index in [0.717, 1.165) is 37.0 Å². The Morgan fingerprint density at radius 1 is 0.946 bits per heavy atom. The van der Waals surface area contributed by atoms with Gasteiger partial charge in [0.15, 0.2) is 11.5 Å². The van der Waals surface area contributed by atoms with Gasteiger partial charge in [-0.05, 0) is 48.6 Å². The fourth-order valence-corrected chi connectivity index (χ4v) is 5.61. The number of piperazine rings is 1. The molecule has 0 radical (unpaired) electrons. The molecular formula is C28H35N3O6. The molecule has 37 heavy (non-hydrogen) atoms. The van der Waals surface area contributed by atoms with Crippen LogP contribution in [0.25, 0.3) is 0 Å². The van der Waals surface area contributed by atoms with Gasteiger partial charge in [-0.1, -0.05) is 18.9 Å². The predicted octanol–water partition coefficient (Wildman–Crippen LogP) is 3.07. The first-order chi connectivity index (χ1) is 18.1. The second kappa shape index (κ2) is 11.3. The molecule has 1 N–H and O–H groups in total. The third-order valence-electron chi connectivity index (χ3n) is 7.61. The second-order valence-electron chi connectivity index (χ2n) is 9.82. The highest BCUT2D eigenvalue weighted by Gasteiger charge is 2.37. The molecule has 0 aromatic heterocycles. The third-order valence-corrected chi connectivity index (χ3v) is 7.61.